The first kappa shape index (κ1) is 19.9. The molecule has 7 unspecified atom stereocenters. The van der Waals surface area contributed by atoms with Crippen LogP contribution < -0.4 is 10.6 Å². The summed E-state index contributed by atoms with van der Waals surface area (Å²) in [6, 6.07) is -1.78. The van der Waals surface area contributed by atoms with Crippen molar-refractivity contribution >= 4 is 11.9 Å². The molecule has 0 radical (unpaired) electrons. The highest BCUT2D eigenvalue weighted by Gasteiger charge is 2.62. The molecule has 7 atom stereocenters. The fourth-order valence-electron chi connectivity index (χ4n) is 6.56. The standard InChI is InChI=1S/C19H28F3N3O3/c1-10-13-5-11-4-12(7-18(10,6-11)17(27)28)16(13)24-15(26)9-25-3-2-23-8-14(25)19(20,21)22/h10-14,16,23H,2-9H2,1H3,(H,24,26)(H,27,28). The van der Waals surface area contributed by atoms with Crippen molar-refractivity contribution in [2.75, 3.05) is 26.2 Å². The van der Waals surface area contributed by atoms with Crippen LogP contribution in [0.15, 0.2) is 0 Å². The van der Waals surface area contributed by atoms with Crippen molar-refractivity contribution in [1.29, 1.82) is 0 Å². The van der Waals surface area contributed by atoms with Gasteiger partial charge in [-0.05, 0) is 49.4 Å². The molecule has 1 heterocycles. The van der Waals surface area contributed by atoms with Gasteiger partial charge in [-0.2, -0.15) is 13.2 Å². The fraction of sp³-hybridized carbons (Fsp3) is 0.895. The molecule has 1 saturated heterocycles. The summed E-state index contributed by atoms with van der Waals surface area (Å²) in [5.74, 6) is -0.580. The van der Waals surface area contributed by atoms with Crippen LogP contribution >= 0.6 is 0 Å². The second-order valence-electron chi connectivity index (χ2n) is 9.24. The van der Waals surface area contributed by atoms with Crippen molar-refractivity contribution in [2.24, 2.45) is 29.1 Å². The first-order valence-corrected chi connectivity index (χ1v) is 10.2. The monoisotopic (exact) mass is 403 g/mol. The Hall–Kier alpha value is -1.35. The Balaban J connectivity index is 1.44. The van der Waals surface area contributed by atoms with Gasteiger partial charge in [0.05, 0.1) is 12.0 Å². The number of hydrogen-bond donors (Lipinski definition) is 3. The summed E-state index contributed by atoms with van der Waals surface area (Å²) in [6.07, 6.45) is -1.30. The number of nitrogens with one attached hydrogen (secondary N) is 2. The lowest BCUT2D eigenvalue weighted by Gasteiger charge is -2.61. The molecular weight excluding hydrogens is 375 g/mol. The summed E-state index contributed by atoms with van der Waals surface area (Å²) in [5.41, 5.74) is -0.697. The molecule has 3 N–H and O–H groups in total. The molecule has 28 heavy (non-hydrogen) atoms. The fourth-order valence-corrected chi connectivity index (χ4v) is 6.56. The minimum absolute atomic E-state index is 0.0368. The topological polar surface area (TPSA) is 81.7 Å². The van der Waals surface area contributed by atoms with Gasteiger partial charge in [-0.1, -0.05) is 6.92 Å². The SMILES string of the molecule is CC1C2CC3CC(CC1(C(=O)O)C3)C2NC(=O)CN1CCNCC1C(F)(F)F. The number of nitrogens with zero attached hydrogens (tertiary/aromatic N) is 1. The average molecular weight is 403 g/mol. The lowest BCUT2D eigenvalue weighted by Crippen LogP contribution is -2.66. The molecule has 6 nitrogen and oxygen atoms in total. The molecule has 1 amide bonds. The Bertz CT molecular complexity index is 658. The first-order valence-electron chi connectivity index (χ1n) is 10.2. The molecule has 4 saturated carbocycles. The van der Waals surface area contributed by atoms with Crippen molar-refractivity contribution in [1.82, 2.24) is 15.5 Å². The number of carboxylic acids is 1. The maximum atomic E-state index is 13.2. The Morgan fingerprint density at radius 1 is 1.29 bits per heavy atom. The Morgan fingerprint density at radius 3 is 2.71 bits per heavy atom. The van der Waals surface area contributed by atoms with Crippen LogP contribution in [0.3, 0.4) is 0 Å². The van der Waals surface area contributed by atoms with Crippen LogP contribution in [0.2, 0.25) is 0 Å². The quantitative estimate of drug-likeness (QED) is 0.662. The van der Waals surface area contributed by atoms with Crippen molar-refractivity contribution in [3.05, 3.63) is 0 Å². The third-order valence-electron chi connectivity index (χ3n) is 7.84. The predicted molar refractivity (Wildman–Crippen MR) is 94.4 cm³/mol. The van der Waals surface area contributed by atoms with Gasteiger partial charge in [-0.15, -0.1) is 0 Å². The van der Waals surface area contributed by atoms with Gasteiger partial charge >= 0.3 is 12.1 Å². The minimum Gasteiger partial charge on any atom is -0.481 e. The molecule has 0 aromatic heterocycles. The second kappa shape index (κ2) is 6.86. The lowest BCUT2D eigenvalue weighted by molar-refractivity contribution is -0.188. The number of hydrogen-bond acceptors (Lipinski definition) is 4. The van der Waals surface area contributed by atoms with Gasteiger partial charge in [0, 0.05) is 25.7 Å². The minimum atomic E-state index is -4.38. The van der Waals surface area contributed by atoms with Crippen LogP contribution in [-0.4, -0.2) is 66.3 Å². The molecule has 0 spiro atoms. The second-order valence-corrected chi connectivity index (χ2v) is 9.24. The van der Waals surface area contributed by atoms with E-state index in [1.807, 2.05) is 6.92 Å². The number of rotatable bonds is 4. The van der Waals surface area contributed by atoms with Crippen molar-refractivity contribution < 1.29 is 27.9 Å². The summed E-state index contributed by atoms with van der Waals surface area (Å²) in [5, 5.41) is 15.6. The molecule has 4 bridgehead atoms. The van der Waals surface area contributed by atoms with E-state index >= 15 is 0 Å². The molecule has 5 rings (SSSR count). The Morgan fingerprint density at radius 2 is 2.04 bits per heavy atom. The van der Waals surface area contributed by atoms with Crippen LogP contribution in [0.1, 0.15) is 32.6 Å². The van der Waals surface area contributed by atoms with Crippen LogP contribution in [0.5, 0.6) is 0 Å². The molecule has 9 heteroatoms. The van der Waals surface area contributed by atoms with Crippen LogP contribution in [-0.2, 0) is 9.59 Å². The van der Waals surface area contributed by atoms with Crippen LogP contribution in [0.4, 0.5) is 13.2 Å². The predicted octanol–water partition coefficient (Wildman–Crippen LogP) is 1.46. The van der Waals surface area contributed by atoms with Crippen molar-refractivity contribution in [3.8, 4) is 0 Å². The highest BCUT2D eigenvalue weighted by atomic mass is 19.4. The van der Waals surface area contributed by atoms with E-state index in [9.17, 15) is 27.9 Å². The Labute approximate surface area is 162 Å². The zero-order valence-corrected chi connectivity index (χ0v) is 16.0. The zero-order valence-electron chi connectivity index (χ0n) is 16.0. The number of alkyl halides is 3. The first-order chi connectivity index (χ1) is 13.1. The number of amides is 1. The highest BCUT2D eigenvalue weighted by Crippen LogP contribution is 2.62. The van der Waals surface area contributed by atoms with E-state index in [4.69, 9.17) is 0 Å². The average Bonchev–Trinajstić information content (AvgIpc) is 2.61. The summed E-state index contributed by atoms with van der Waals surface area (Å²) in [6.45, 7) is 2.09. The van der Waals surface area contributed by atoms with Gasteiger partial charge in [-0.25, -0.2) is 0 Å². The van der Waals surface area contributed by atoms with Gasteiger partial charge in [-0.3, -0.25) is 14.5 Å². The summed E-state index contributed by atoms with van der Waals surface area (Å²) < 4.78 is 39.7. The number of carboxylic acid groups (broad SMARTS) is 1. The summed E-state index contributed by atoms with van der Waals surface area (Å²) >= 11 is 0. The zero-order chi connectivity index (χ0) is 20.3. The van der Waals surface area contributed by atoms with E-state index in [0.29, 0.717) is 25.3 Å². The number of piperazine rings is 1. The molecule has 1 aliphatic heterocycles. The van der Waals surface area contributed by atoms with E-state index in [0.717, 1.165) is 12.8 Å². The van der Waals surface area contributed by atoms with Gasteiger partial charge in [0.2, 0.25) is 5.91 Å². The van der Waals surface area contributed by atoms with Crippen LogP contribution in [0, 0.1) is 29.1 Å². The highest BCUT2D eigenvalue weighted by molar-refractivity contribution is 5.79. The largest absolute Gasteiger partial charge is 0.481 e. The maximum Gasteiger partial charge on any atom is 0.405 e. The smallest absolute Gasteiger partial charge is 0.405 e. The molecule has 0 aromatic carbocycles. The third kappa shape index (κ3) is 3.20. The van der Waals surface area contributed by atoms with Gasteiger partial charge < -0.3 is 15.7 Å². The van der Waals surface area contributed by atoms with E-state index in [-0.39, 0.29) is 49.3 Å². The van der Waals surface area contributed by atoms with Crippen LogP contribution in [0.25, 0.3) is 0 Å². The number of aliphatic carboxylic acids is 1. The van der Waals surface area contributed by atoms with Gasteiger partial charge in [0.15, 0.2) is 0 Å². The van der Waals surface area contributed by atoms with Gasteiger partial charge in [0.1, 0.15) is 6.04 Å². The maximum absolute atomic E-state index is 13.2. The van der Waals surface area contributed by atoms with E-state index in [1.165, 1.54) is 4.90 Å². The molecule has 0 aromatic rings. The number of halogens is 3. The number of carbonyl (C=O) groups is 2. The lowest BCUT2D eigenvalue weighted by atomic mass is 9.44. The van der Waals surface area contributed by atoms with Gasteiger partial charge in [0.25, 0.3) is 0 Å². The molecule has 5 fully saturated rings. The van der Waals surface area contributed by atoms with Crippen molar-refractivity contribution in [2.45, 2.75) is 50.9 Å². The molecular formula is C19H28F3N3O3. The van der Waals surface area contributed by atoms with E-state index < -0.39 is 23.6 Å². The Kier molecular flexibility index (Phi) is 4.89. The van der Waals surface area contributed by atoms with E-state index in [2.05, 4.69) is 10.6 Å². The summed E-state index contributed by atoms with van der Waals surface area (Å²) in [7, 11) is 0. The number of carbonyl (C=O) groups excluding carboxylic acids is 1. The third-order valence-corrected chi connectivity index (χ3v) is 7.84. The van der Waals surface area contributed by atoms with E-state index in [1.54, 1.807) is 0 Å². The molecule has 4 aliphatic carbocycles. The molecule has 158 valence electrons. The summed E-state index contributed by atoms with van der Waals surface area (Å²) in [4.78, 5) is 25.8. The normalized spacial score (nSPS) is 43.1. The molecule has 5 aliphatic rings. The van der Waals surface area contributed by atoms with Crippen molar-refractivity contribution in [3.63, 3.8) is 0 Å².